The number of rotatable bonds is 0. The van der Waals surface area contributed by atoms with E-state index in [-0.39, 0.29) is 18.1 Å². The topological polar surface area (TPSA) is 77.8 Å². The van der Waals surface area contributed by atoms with Gasteiger partial charge in [-0.15, -0.1) is 0 Å². The second kappa shape index (κ2) is 5.24. The second-order valence-electron chi connectivity index (χ2n) is 5.99. The van der Waals surface area contributed by atoms with Gasteiger partial charge in [0.05, 0.1) is 6.10 Å². The average Bonchev–Trinajstić information content (AvgIpc) is 2.62. The summed E-state index contributed by atoms with van der Waals surface area (Å²) < 4.78 is 0. The Balaban J connectivity index is 2.11. The van der Waals surface area contributed by atoms with Crippen LogP contribution in [0, 0.1) is 6.92 Å². The number of aliphatic hydroxyl groups is 2. The van der Waals surface area contributed by atoms with Gasteiger partial charge >= 0.3 is 0 Å². The molecule has 21 heavy (non-hydrogen) atoms. The van der Waals surface area contributed by atoms with E-state index in [0.717, 1.165) is 16.7 Å². The van der Waals surface area contributed by atoms with Crippen molar-refractivity contribution >= 4 is 11.7 Å². The first-order chi connectivity index (χ1) is 9.97. The molecule has 1 amide bonds. The van der Waals surface area contributed by atoms with Crippen molar-refractivity contribution in [2.24, 2.45) is 0 Å². The molecule has 3 rings (SSSR count). The highest BCUT2D eigenvalue weighted by Gasteiger charge is 2.38. The first-order valence-electron chi connectivity index (χ1n) is 7.24. The zero-order valence-electron chi connectivity index (χ0n) is 12.0. The van der Waals surface area contributed by atoms with E-state index in [9.17, 15) is 19.8 Å². The monoisotopic (exact) mass is 289 g/mol. The van der Waals surface area contributed by atoms with Crippen LogP contribution in [0.2, 0.25) is 0 Å². The fraction of sp³-hybridized carbons (Fsp3) is 0.500. The van der Waals surface area contributed by atoms with E-state index in [0.29, 0.717) is 19.5 Å². The minimum Gasteiger partial charge on any atom is -0.389 e. The predicted molar refractivity (Wildman–Crippen MR) is 75.6 cm³/mol. The zero-order valence-corrected chi connectivity index (χ0v) is 12.0. The van der Waals surface area contributed by atoms with Gasteiger partial charge < -0.3 is 15.1 Å². The van der Waals surface area contributed by atoms with Crippen molar-refractivity contribution in [2.75, 3.05) is 6.54 Å². The molecule has 1 aromatic carbocycles. The Labute approximate surface area is 123 Å². The van der Waals surface area contributed by atoms with Crippen LogP contribution in [0.3, 0.4) is 0 Å². The largest absolute Gasteiger partial charge is 0.389 e. The third-order valence-corrected chi connectivity index (χ3v) is 4.45. The van der Waals surface area contributed by atoms with E-state index in [1.807, 2.05) is 25.1 Å². The molecule has 5 heteroatoms. The quantitative estimate of drug-likeness (QED) is 0.729. The molecule has 2 bridgehead atoms. The van der Waals surface area contributed by atoms with Crippen LogP contribution < -0.4 is 0 Å². The molecule has 0 radical (unpaired) electrons. The summed E-state index contributed by atoms with van der Waals surface area (Å²) >= 11 is 0. The Morgan fingerprint density at radius 1 is 1.24 bits per heavy atom. The molecule has 0 aromatic heterocycles. The predicted octanol–water partition coefficient (Wildman–Crippen LogP) is 0.506. The summed E-state index contributed by atoms with van der Waals surface area (Å²) in [5, 5.41) is 19.8. The highest BCUT2D eigenvalue weighted by Crippen LogP contribution is 2.33. The van der Waals surface area contributed by atoms with Gasteiger partial charge in [0.15, 0.2) is 6.10 Å². The third-order valence-electron chi connectivity index (χ3n) is 4.45. The zero-order chi connectivity index (χ0) is 15.1. The van der Waals surface area contributed by atoms with E-state index in [2.05, 4.69) is 0 Å². The fourth-order valence-electron chi connectivity index (χ4n) is 3.24. The molecule has 1 fully saturated rings. The minimum atomic E-state index is -1.51. The molecule has 2 aliphatic rings. The lowest BCUT2D eigenvalue weighted by Crippen LogP contribution is -2.44. The van der Waals surface area contributed by atoms with Crippen LogP contribution in [-0.2, 0) is 16.1 Å². The van der Waals surface area contributed by atoms with Crippen molar-refractivity contribution in [1.29, 1.82) is 0 Å². The van der Waals surface area contributed by atoms with Gasteiger partial charge in [0.2, 0.25) is 0 Å². The molecular weight excluding hydrogens is 270 g/mol. The number of nitrogens with zero attached hydrogens (tertiary/aromatic N) is 1. The van der Waals surface area contributed by atoms with Crippen LogP contribution in [0.1, 0.15) is 35.4 Å². The normalized spacial score (nSPS) is 29.5. The summed E-state index contributed by atoms with van der Waals surface area (Å²) in [5.41, 5.74) is 2.98. The molecule has 2 N–H and O–H groups in total. The lowest BCUT2D eigenvalue weighted by molar-refractivity contribution is -0.147. The molecule has 0 aliphatic carbocycles. The van der Waals surface area contributed by atoms with Crippen LogP contribution in [0.4, 0.5) is 0 Å². The number of fused-ring (bicyclic) bond motifs is 5. The standard InChI is InChI=1S/C16H19NO4/c1-9-2-3-10-8-17-5-4-11(12(10)6-9)13(18)7-14(19)15(20)16(17)21/h2-3,6,11,14-15,19-20H,4-5,7-8H2,1H3/t11?,14-,15+/m1/s1. The highest BCUT2D eigenvalue weighted by atomic mass is 16.3. The fourth-order valence-corrected chi connectivity index (χ4v) is 3.24. The van der Waals surface area contributed by atoms with Gasteiger partial charge in [0.1, 0.15) is 5.78 Å². The van der Waals surface area contributed by atoms with Gasteiger partial charge in [-0.05, 0) is 24.5 Å². The molecule has 2 heterocycles. The van der Waals surface area contributed by atoms with E-state index in [1.165, 1.54) is 0 Å². The maximum absolute atomic E-state index is 12.5. The van der Waals surface area contributed by atoms with Crippen LogP contribution in [0.15, 0.2) is 18.2 Å². The maximum Gasteiger partial charge on any atom is 0.254 e. The molecule has 1 saturated heterocycles. The number of ketones is 1. The van der Waals surface area contributed by atoms with Crippen molar-refractivity contribution in [1.82, 2.24) is 4.90 Å². The summed E-state index contributed by atoms with van der Waals surface area (Å²) in [4.78, 5) is 26.3. The van der Waals surface area contributed by atoms with E-state index in [4.69, 9.17) is 0 Å². The molecule has 0 saturated carbocycles. The minimum absolute atomic E-state index is 0.107. The smallest absolute Gasteiger partial charge is 0.254 e. The van der Waals surface area contributed by atoms with Gasteiger partial charge in [0.25, 0.3) is 5.91 Å². The Bertz CT molecular complexity index is 598. The molecular formula is C16H19NO4. The number of carbonyl (C=O) groups is 2. The van der Waals surface area contributed by atoms with Crippen LogP contribution in [0.5, 0.6) is 0 Å². The average molecular weight is 289 g/mol. The van der Waals surface area contributed by atoms with E-state index in [1.54, 1.807) is 4.90 Å². The molecule has 2 aliphatic heterocycles. The number of carbonyl (C=O) groups excluding carboxylic acids is 2. The third kappa shape index (κ3) is 2.47. The molecule has 112 valence electrons. The number of hydrogen-bond acceptors (Lipinski definition) is 4. The number of amides is 1. The molecule has 1 unspecified atom stereocenters. The van der Waals surface area contributed by atoms with Crippen molar-refractivity contribution in [2.45, 2.75) is 44.4 Å². The van der Waals surface area contributed by atoms with Gasteiger partial charge in [-0.25, -0.2) is 0 Å². The van der Waals surface area contributed by atoms with Crippen molar-refractivity contribution in [3.63, 3.8) is 0 Å². The van der Waals surface area contributed by atoms with Crippen LogP contribution >= 0.6 is 0 Å². The number of aryl methyl sites for hydroxylation is 1. The van der Waals surface area contributed by atoms with Crippen molar-refractivity contribution in [3.8, 4) is 0 Å². The summed E-state index contributed by atoms with van der Waals surface area (Å²) in [6.07, 6.45) is -2.47. The Morgan fingerprint density at radius 3 is 2.76 bits per heavy atom. The Hall–Kier alpha value is -1.72. The van der Waals surface area contributed by atoms with Gasteiger partial charge in [-0.1, -0.05) is 23.8 Å². The Kier molecular flexibility index (Phi) is 3.55. The summed E-state index contributed by atoms with van der Waals surface area (Å²) in [5.74, 6) is -0.910. The van der Waals surface area contributed by atoms with Gasteiger partial charge in [0, 0.05) is 25.4 Å². The van der Waals surface area contributed by atoms with Crippen molar-refractivity contribution < 1.29 is 19.8 Å². The summed E-state index contributed by atoms with van der Waals surface area (Å²) in [7, 11) is 0. The van der Waals surface area contributed by atoms with E-state index >= 15 is 0 Å². The number of hydrogen-bond donors (Lipinski definition) is 2. The second-order valence-corrected chi connectivity index (χ2v) is 5.99. The Morgan fingerprint density at radius 2 is 2.00 bits per heavy atom. The molecule has 5 nitrogen and oxygen atoms in total. The highest BCUT2D eigenvalue weighted by molar-refractivity contribution is 5.89. The SMILES string of the molecule is Cc1ccc2c(c1)C1CCN(C2)C(=O)[C@@H](O)[C@H](O)CC1=O. The van der Waals surface area contributed by atoms with Crippen LogP contribution in [-0.4, -0.2) is 45.6 Å². The summed E-state index contributed by atoms with van der Waals surface area (Å²) in [6.45, 7) is 2.77. The number of benzene rings is 1. The number of Topliss-reactive ketones (excluding diaryl/α,β-unsaturated/α-hetero) is 1. The molecule has 3 atom stereocenters. The van der Waals surface area contributed by atoms with Crippen LogP contribution in [0.25, 0.3) is 0 Å². The molecule has 1 aromatic rings. The molecule has 0 spiro atoms. The lowest BCUT2D eigenvalue weighted by atomic mass is 9.85. The van der Waals surface area contributed by atoms with Gasteiger partial charge in [-0.2, -0.15) is 0 Å². The van der Waals surface area contributed by atoms with E-state index < -0.39 is 18.1 Å². The first-order valence-corrected chi connectivity index (χ1v) is 7.24. The number of aliphatic hydroxyl groups excluding tert-OH is 2. The summed E-state index contributed by atoms with van der Waals surface area (Å²) in [6, 6.07) is 5.91. The first kappa shape index (κ1) is 14.2. The lowest BCUT2D eigenvalue weighted by Gasteiger charge is -2.26. The maximum atomic E-state index is 12.5. The van der Waals surface area contributed by atoms with Crippen molar-refractivity contribution in [3.05, 3.63) is 34.9 Å². The van der Waals surface area contributed by atoms with Gasteiger partial charge in [-0.3, -0.25) is 9.59 Å².